The first-order valence-electron chi connectivity index (χ1n) is 8.98. The van der Waals surface area contributed by atoms with E-state index in [0.717, 1.165) is 55.1 Å². The number of benzene rings is 1. The molecule has 1 aromatic rings. The normalized spacial score (nSPS) is 30.0. The number of piperazine rings is 1. The Morgan fingerprint density at radius 1 is 1.09 bits per heavy atom. The number of carbonyl (C=O) groups is 1. The van der Waals surface area contributed by atoms with Crippen molar-refractivity contribution in [2.45, 2.75) is 32.1 Å². The Kier molecular flexibility index (Phi) is 4.23. The van der Waals surface area contributed by atoms with Crippen molar-refractivity contribution in [1.82, 2.24) is 4.90 Å². The van der Waals surface area contributed by atoms with Crippen molar-refractivity contribution >= 4 is 23.2 Å². The number of halogens is 1. The molecule has 23 heavy (non-hydrogen) atoms. The molecule has 3 fully saturated rings. The van der Waals surface area contributed by atoms with Gasteiger partial charge in [-0.25, -0.2) is 0 Å². The standard InChI is InChI=1S/C19H25ClN2O/c20-17-3-1-2-4-18(17)21-7-9-22(10-8-21)19(23)13-16-12-14-5-6-15(16)11-14/h1-4,14-16H,5-13H2/t14-,15-,16+/m0/s1. The zero-order chi connectivity index (χ0) is 15.8. The van der Waals surface area contributed by atoms with E-state index in [2.05, 4.69) is 15.9 Å². The Morgan fingerprint density at radius 3 is 2.52 bits per heavy atom. The summed E-state index contributed by atoms with van der Waals surface area (Å²) >= 11 is 6.28. The van der Waals surface area contributed by atoms with Crippen molar-refractivity contribution in [2.24, 2.45) is 17.8 Å². The number of amides is 1. The van der Waals surface area contributed by atoms with E-state index in [0.29, 0.717) is 11.8 Å². The second-order valence-corrected chi connectivity index (χ2v) is 7.87. The van der Waals surface area contributed by atoms with Crippen LogP contribution in [0.2, 0.25) is 5.02 Å². The molecule has 1 amide bonds. The molecule has 0 aromatic heterocycles. The van der Waals surface area contributed by atoms with Gasteiger partial charge < -0.3 is 9.80 Å². The molecule has 4 heteroatoms. The lowest BCUT2D eigenvalue weighted by Crippen LogP contribution is -2.49. The molecule has 3 nitrogen and oxygen atoms in total. The van der Waals surface area contributed by atoms with Crippen molar-refractivity contribution < 1.29 is 4.79 Å². The fourth-order valence-electron chi connectivity index (χ4n) is 4.88. The lowest BCUT2D eigenvalue weighted by atomic mass is 9.86. The monoisotopic (exact) mass is 332 g/mol. The third-order valence-electron chi connectivity index (χ3n) is 6.15. The van der Waals surface area contributed by atoms with Crippen LogP contribution in [-0.4, -0.2) is 37.0 Å². The van der Waals surface area contributed by atoms with Crippen LogP contribution in [0.3, 0.4) is 0 Å². The van der Waals surface area contributed by atoms with Gasteiger partial charge in [0.25, 0.3) is 0 Å². The summed E-state index contributed by atoms with van der Waals surface area (Å²) in [5.41, 5.74) is 1.09. The highest BCUT2D eigenvalue weighted by Crippen LogP contribution is 2.49. The first-order valence-corrected chi connectivity index (χ1v) is 9.36. The van der Waals surface area contributed by atoms with Gasteiger partial charge in [0.1, 0.15) is 0 Å². The van der Waals surface area contributed by atoms with Gasteiger partial charge in [-0.1, -0.05) is 30.2 Å². The highest BCUT2D eigenvalue weighted by atomic mass is 35.5. The lowest BCUT2D eigenvalue weighted by molar-refractivity contribution is -0.132. The smallest absolute Gasteiger partial charge is 0.222 e. The van der Waals surface area contributed by atoms with Gasteiger partial charge in [0, 0.05) is 32.6 Å². The highest BCUT2D eigenvalue weighted by Gasteiger charge is 2.40. The van der Waals surface area contributed by atoms with E-state index in [1.165, 1.54) is 25.7 Å². The Bertz CT molecular complexity index is 582. The Morgan fingerprint density at radius 2 is 1.87 bits per heavy atom. The molecule has 2 aliphatic carbocycles. The molecule has 2 bridgehead atoms. The molecule has 1 saturated heterocycles. The third kappa shape index (κ3) is 3.08. The molecular formula is C19H25ClN2O. The maximum atomic E-state index is 12.6. The minimum absolute atomic E-state index is 0.376. The van der Waals surface area contributed by atoms with E-state index in [9.17, 15) is 4.79 Å². The van der Waals surface area contributed by atoms with Crippen molar-refractivity contribution in [2.75, 3.05) is 31.1 Å². The topological polar surface area (TPSA) is 23.6 Å². The van der Waals surface area contributed by atoms with E-state index in [1.807, 2.05) is 18.2 Å². The maximum Gasteiger partial charge on any atom is 0.222 e. The number of hydrogen-bond acceptors (Lipinski definition) is 2. The fraction of sp³-hybridized carbons (Fsp3) is 0.632. The van der Waals surface area contributed by atoms with Gasteiger partial charge >= 0.3 is 0 Å². The summed E-state index contributed by atoms with van der Waals surface area (Å²) in [7, 11) is 0. The summed E-state index contributed by atoms with van der Waals surface area (Å²) in [5.74, 6) is 2.81. The first kappa shape index (κ1) is 15.3. The average Bonchev–Trinajstić information content (AvgIpc) is 3.18. The van der Waals surface area contributed by atoms with Gasteiger partial charge in [-0.2, -0.15) is 0 Å². The number of carbonyl (C=O) groups excluding carboxylic acids is 1. The predicted octanol–water partition coefficient (Wildman–Crippen LogP) is 3.81. The molecule has 2 saturated carbocycles. The van der Waals surface area contributed by atoms with Crippen LogP contribution in [0.25, 0.3) is 0 Å². The summed E-state index contributed by atoms with van der Waals surface area (Å²) in [4.78, 5) is 17.0. The van der Waals surface area contributed by atoms with Crippen LogP contribution in [0.15, 0.2) is 24.3 Å². The molecule has 124 valence electrons. The van der Waals surface area contributed by atoms with Crippen molar-refractivity contribution in [3.63, 3.8) is 0 Å². The number of hydrogen-bond donors (Lipinski definition) is 0. The minimum atomic E-state index is 0.376. The highest BCUT2D eigenvalue weighted by molar-refractivity contribution is 6.33. The largest absolute Gasteiger partial charge is 0.367 e. The maximum absolute atomic E-state index is 12.6. The lowest BCUT2D eigenvalue weighted by Gasteiger charge is -2.37. The predicted molar refractivity (Wildman–Crippen MR) is 93.8 cm³/mol. The molecular weight excluding hydrogens is 308 g/mol. The zero-order valence-electron chi connectivity index (χ0n) is 13.6. The van der Waals surface area contributed by atoms with Gasteiger partial charge in [-0.05, 0) is 49.1 Å². The molecule has 0 N–H and O–H groups in total. The first-order chi connectivity index (χ1) is 11.2. The van der Waals surface area contributed by atoms with Gasteiger partial charge in [0.15, 0.2) is 0 Å². The van der Waals surface area contributed by atoms with Crippen LogP contribution in [-0.2, 0) is 4.79 Å². The van der Waals surface area contributed by atoms with Crippen LogP contribution in [0, 0.1) is 17.8 Å². The molecule has 3 aliphatic rings. The average molecular weight is 333 g/mol. The summed E-state index contributed by atoms with van der Waals surface area (Å²) in [5, 5.41) is 0.800. The summed E-state index contributed by atoms with van der Waals surface area (Å²) in [6.07, 6.45) is 6.25. The van der Waals surface area contributed by atoms with E-state index < -0.39 is 0 Å². The summed E-state index contributed by atoms with van der Waals surface area (Å²) < 4.78 is 0. The van der Waals surface area contributed by atoms with E-state index in [1.54, 1.807) is 0 Å². The van der Waals surface area contributed by atoms with Crippen LogP contribution in [0.1, 0.15) is 32.1 Å². The zero-order valence-corrected chi connectivity index (χ0v) is 14.3. The second kappa shape index (κ2) is 6.35. The molecule has 0 radical (unpaired) electrons. The van der Waals surface area contributed by atoms with Crippen LogP contribution < -0.4 is 4.90 Å². The molecule has 4 rings (SSSR count). The summed E-state index contributed by atoms with van der Waals surface area (Å²) in [6.45, 7) is 3.41. The van der Waals surface area contributed by atoms with E-state index in [-0.39, 0.29) is 0 Å². The van der Waals surface area contributed by atoms with Gasteiger partial charge in [0.2, 0.25) is 5.91 Å². The number of fused-ring (bicyclic) bond motifs is 2. The molecule has 1 aromatic carbocycles. The Hall–Kier alpha value is -1.22. The number of rotatable bonds is 3. The van der Waals surface area contributed by atoms with Gasteiger partial charge in [-0.15, -0.1) is 0 Å². The Labute approximate surface area is 143 Å². The number of nitrogens with zero attached hydrogens (tertiary/aromatic N) is 2. The number of para-hydroxylation sites is 1. The minimum Gasteiger partial charge on any atom is -0.367 e. The van der Waals surface area contributed by atoms with Crippen LogP contribution in [0.4, 0.5) is 5.69 Å². The van der Waals surface area contributed by atoms with Crippen LogP contribution in [0.5, 0.6) is 0 Å². The van der Waals surface area contributed by atoms with E-state index >= 15 is 0 Å². The van der Waals surface area contributed by atoms with Crippen LogP contribution >= 0.6 is 11.6 Å². The SMILES string of the molecule is O=C(C[C@H]1C[C@H]2CC[C@H]1C2)N1CCN(c2ccccc2Cl)CC1. The second-order valence-electron chi connectivity index (χ2n) is 7.46. The third-order valence-corrected chi connectivity index (χ3v) is 6.47. The van der Waals surface area contributed by atoms with Crippen molar-refractivity contribution in [3.8, 4) is 0 Å². The molecule has 3 atom stereocenters. The molecule has 1 aliphatic heterocycles. The van der Waals surface area contributed by atoms with Crippen molar-refractivity contribution in [1.29, 1.82) is 0 Å². The van der Waals surface area contributed by atoms with Gasteiger partial charge in [-0.3, -0.25) is 4.79 Å². The molecule has 1 heterocycles. The molecule has 0 unspecified atom stereocenters. The van der Waals surface area contributed by atoms with Crippen molar-refractivity contribution in [3.05, 3.63) is 29.3 Å². The van der Waals surface area contributed by atoms with E-state index in [4.69, 9.17) is 11.6 Å². The molecule has 0 spiro atoms. The fourth-order valence-corrected chi connectivity index (χ4v) is 5.14. The number of anilines is 1. The van der Waals surface area contributed by atoms with Gasteiger partial charge in [0.05, 0.1) is 10.7 Å². The quantitative estimate of drug-likeness (QED) is 0.840. The summed E-state index contributed by atoms with van der Waals surface area (Å²) in [6, 6.07) is 7.98. The Balaban J connectivity index is 1.31.